The maximum absolute atomic E-state index is 12.6. The Morgan fingerprint density at radius 1 is 1.09 bits per heavy atom. The van der Waals surface area contributed by atoms with Crippen LogP contribution < -0.4 is 10.1 Å². The van der Waals surface area contributed by atoms with E-state index in [1.807, 2.05) is 29.0 Å². The number of nitrogens with one attached hydrogen (secondary N) is 1. The SMILES string of the molecule is O=S(=O)(CCOc1nc2cc(Cl)ccc2cc1CNCCCn1ccnc1)c1ccccc1. The number of hydrogen-bond donors (Lipinski definition) is 1. The number of sulfone groups is 1. The van der Waals surface area contributed by atoms with Gasteiger partial charge in [-0.2, -0.15) is 0 Å². The predicted molar refractivity (Wildman–Crippen MR) is 129 cm³/mol. The van der Waals surface area contributed by atoms with E-state index >= 15 is 0 Å². The number of rotatable bonds is 11. The third-order valence-corrected chi connectivity index (χ3v) is 7.09. The summed E-state index contributed by atoms with van der Waals surface area (Å²) >= 11 is 6.12. The summed E-state index contributed by atoms with van der Waals surface area (Å²) < 4.78 is 33.0. The van der Waals surface area contributed by atoms with Crippen LogP contribution in [0.25, 0.3) is 10.9 Å². The normalized spacial score (nSPS) is 11.7. The first-order chi connectivity index (χ1) is 16.0. The van der Waals surface area contributed by atoms with Gasteiger partial charge >= 0.3 is 0 Å². The van der Waals surface area contributed by atoms with Gasteiger partial charge in [0.15, 0.2) is 9.84 Å². The first-order valence-corrected chi connectivity index (χ1v) is 12.7. The summed E-state index contributed by atoms with van der Waals surface area (Å²) in [4.78, 5) is 8.94. The lowest BCUT2D eigenvalue weighted by Crippen LogP contribution is -2.19. The van der Waals surface area contributed by atoms with E-state index in [0.717, 1.165) is 30.5 Å². The van der Waals surface area contributed by atoms with E-state index in [9.17, 15) is 8.42 Å². The molecule has 33 heavy (non-hydrogen) atoms. The molecule has 0 unspecified atom stereocenters. The van der Waals surface area contributed by atoms with E-state index in [4.69, 9.17) is 16.3 Å². The molecule has 0 radical (unpaired) electrons. The van der Waals surface area contributed by atoms with Crippen LogP contribution in [0, 0.1) is 0 Å². The van der Waals surface area contributed by atoms with Gasteiger partial charge in [0.25, 0.3) is 0 Å². The summed E-state index contributed by atoms with van der Waals surface area (Å²) in [5.74, 6) is 0.277. The fraction of sp³-hybridized carbons (Fsp3) is 0.250. The average molecular weight is 485 g/mol. The molecule has 1 N–H and O–H groups in total. The monoisotopic (exact) mass is 484 g/mol. The van der Waals surface area contributed by atoms with Crippen LogP contribution in [0.3, 0.4) is 0 Å². The van der Waals surface area contributed by atoms with Crippen LogP contribution in [0.1, 0.15) is 12.0 Å². The number of aryl methyl sites for hydroxylation is 1. The van der Waals surface area contributed by atoms with Crippen LogP contribution in [0.15, 0.2) is 78.2 Å². The fourth-order valence-electron chi connectivity index (χ4n) is 3.44. The zero-order valence-corrected chi connectivity index (χ0v) is 19.6. The highest BCUT2D eigenvalue weighted by Gasteiger charge is 2.15. The van der Waals surface area contributed by atoms with E-state index in [-0.39, 0.29) is 17.3 Å². The minimum absolute atomic E-state index is 0.00390. The zero-order valence-electron chi connectivity index (χ0n) is 18.0. The highest BCUT2D eigenvalue weighted by atomic mass is 35.5. The van der Waals surface area contributed by atoms with Crippen molar-refractivity contribution in [2.75, 3.05) is 18.9 Å². The number of ether oxygens (including phenoxy) is 1. The molecular formula is C24H25ClN4O3S. The highest BCUT2D eigenvalue weighted by Crippen LogP contribution is 2.25. The van der Waals surface area contributed by atoms with Crippen molar-refractivity contribution in [3.05, 3.63) is 83.9 Å². The predicted octanol–water partition coefficient (Wildman–Crippen LogP) is 4.12. The zero-order chi connectivity index (χ0) is 23.1. The summed E-state index contributed by atoms with van der Waals surface area (Å²) in [6, 6.07) is 15.9. The summed E-state index contributed by atoms with van der Waals surface area (Å²) in [7, 11) is -3.44. The maximum Gasteiger partial charge on any atom is 0.218 e. The lowest BCUT2D eigenvalue weighted by Gasteiger charge is -2.13. The van der Waals surface area contributed by atoms with Crippen molar-refractivity contribution in [3.8, 4) is 5.88 Å². The molecule has 0 spiro atoms. The molecule has 0 atom stereocenters. The molecule has 9 heteroatoms. The second-order valence-corrected chi connectivity index (χ2v) is 10.1. The van der Waals surface area contributed by atoms with Gasteiger partial charge in [-0.3, -0.25) is 0 Å². The topological polar surface area (TPSA) is 86.1 Å². The van der Waals surface area contributed by atoms with Gasteiger partial charge in [-0.15, -0.1) is 0 Å². The third-order valence-electron chi connectivity index (χ3n) is 5.16. The number of imidazole rings is 1. The number of pyridine rings is 1. The Kier molecular flexibility index (Phi) is 7.59. The number of aromatic nitrogens is 3. The molecule has 0 bridgehead atoms. The number of fused-ring (bicyclic) bond motifs is 1. The standard InChI is InChI=1S/C24H25ClN4O3S/c25-21-8-7-19-15-20(17-26-9-4-11-29-12-10-27-18-29)24(28-23(19)16-21)32-13-14-33(30,31)22-5-2-1-3-6-22/h1-3,5-8,10,12,15-16,18,26H,4,9,11,13-14,17H2. The van der Waals surface area contributed by atoms with Gasteiger partial charge < -0.3 is 14.6 Å². The molecule has 2 heterocycles. The molecule has 0 saturated heterocycles. The van der Waals surface area contributed by atoms with Gasteiger partial charge in [0, 0.05) is 41.5 Å². The van der Waals surface area contributed by atoms with E-state index in [0.29, 0.717) is 23.0 Å². The van der Waals surface area contributed by atoms with Gasteiger partial charge in [-0.25, -0.2) is 18.4 Å². The number of benzene rings is 2. The van der Waals surface area contributed by atoms with Crippen LogP contribution in [0.4, 0.5) is 0 Å². The molecule has 0 aliphatic rings. The minimum atomic E-state index is -3.44. The fourth-order valence-corrected chi connectivity index (χ4v) is 4.72. The smallest absolute Gasteiger partial charge is 0.218 e. The van der Waals surface area contributed by atoms with Crippen molar-refractivity contribution >= 4 is 32.3 Å². The van der Waals surface area contributed by atoms with Gasteiger partial charge in [0.05, 0.1) is 22.5 Å². The van der Waals surface area contributed by atoms with Crippen LogP contribution in [0.5, 0.6) is 5.88 Å². The van der Waals surface area contributed by atoms with Crippen molar-refractivity contribution in [2.45, 2.75) is 24.4 Å². The molecule has 0 aliphatic carbocycles. The van der Waals surface area contributed by atoms with Crippen molar-refractivity contribution in [3.63, 3.8) is 0 Å². The van der Waals surface area contributed by atoms with E-state index in [1.54, 1.807) is 48.9 Å². The molecule has 7 nitrogen and oxygen atoms in total. The summed E-state index contributed by atoms with van der Waals surface area (Å²) in [5.41, 5.74) is 1.57. The summed E-state index contributed by atoms with van der Waals surface area (Å²) in [6.45, 7) is 2.24. The molecule has 2 aromatic heterocycles. The van der Waals surface area contributed by atoms with Crippen LogP contribution in [-0.4, -0.2) is 41.9 Å². The van der Waals surface area contributed by atoms with Crippen molar-refractivity contribution in [1.29, 1.82) is 0 Å². The lowest BCUT2D eigenvalue weighted by atomic mass is 10.1. The van der Waals surface area contributed by atoms with E-state index < -0.39 is 9.84 Å². The molecule has 0 saturated carbocycles. The highest BCUT2D eigenvalue weighted by molar-refractivity contribution is 7.91. The molecule has 0 aliphatic heterocycles. The molecule has 172 valence electrons. The molecule has 2 aromatic carbocycles. The summed E-state index contributed by atoms with van der Waals surface area (Å²) in [6.07, 6.45) is 6.45. The van der Waals surface area contributed by atoms with Gasteiger partial charge in [0.2, 0.25) is 5.88 Å². The third kappa shape index (κ3) is 6.31. The molecule has 0 fully saturated rings. The Morgan fingerprint density at radius 3 is 2.73 bits per heavy atom. The number of hydrogen-bond acceptors (Lipinski definition) is 6. The van der Waals surface area contributed by atoms with Gasteiger partial charge in [-0.05, 0) is 43.3 Å². The first kappa shape index (κ1) is 23.2. The second-order valence-electron chi connectivity index (χ2n) is 7.60. The van der Waals surface area contributed by atoms with Crippen LogP contribution in [0.2, 0.25) is 5.02 Å². The minimum Gasteiger partial charge on any atom is -0.476 e. The molecule has 0 amide bonds. The Labute approximate surface area is 198 Å². The van der Waals surface area contributed by atoms with Gasteiger partial charge in [-0.1, -0.05) is 35.9 Å². The molecule has 4 rings (SSSR count). The first-order valence-electron chi connectivity index (χ1n) is 10.7. The van der Waals surface area contributed by atoms with Gasteiger partial charge in [0.1, 0.15) is 6.61 Å². The molecular weight excluding hydrogens is 460 g/mol. The van der Waals surface area contributed by atoms with E-state index in [2.05, 4.69) is 15.3 Å². The van der Waals surface area contributed by atoms with E-state index in [1.165, 1.54) is 0 Å². The van der Waals surface area contributed by atoms with Crippen LogP contribution in [-0.2, 0) is 22.9 Å². The Bertz CT molecular complexity index is 1300. The van der Waals surface area contributed by atoms with Crippen molar-refractivity contribution < 1.29 is 13.2 Å². The molecule has 4 aromatic rings. The van der Waals surface area contributed by atoms with Crippen molar-refractivity contribution in [1.82, 2.24) is 19.9 Å². The second kappa shape index (κ2) is 10.8. The summed E-state index contributed by atoms with van der Waals surface area (Å²) in [5, 5.41) is 4.94. The lowest BCUT2D eigenvalue weighted by molar-refractivity contribution is 0.324. The largest absolute Gasteiger partial charge is 0.476 e. The van der Waals surface area contributed by atoms with Crippen molar-refractivity contribution in [2.24, 2.45) is 0 Å². The Morgan fingerprint density at radius 2 is 1.94 bits per heavy atom. The maximum atomic E-state index is 12.6. The number of nitrogens with zero attached hydrogens (tertiary/aromatic N) is 3. The van der Waals surface area contributed by atoms with Crippen LogP contribution >= 0.6 is 11.6 Å². The quantitative estimate of drug-likeness (QED) is 0.322. The Balaban J connectivity index is 1.42. The average Bonchev–Trinajstić information content (AvgIpc) is 3.33. The number of halogens is 1. The Hall–Kier alpha value is -2.94.